The van der Waals surface area contributed by atoms with Crippen LogP contribution in [0.15, 0.2) is 30.3 Å². The Labute approximate surface area is 149 Å². The Morgan fingerprint density at radius 3 is 2.48 bits per heavy atom. The monoisotopic (exact) mass is 337 g/mol. The molecule has 0 atom stereocenters. The average Bonchev–Trinajstić information content (AvgIpc) is 3.15. The van der Waals surface area contributed by atoms with Crippen molar-refractivity contribution in [1.82, 2.24) is 14.7 Å². The predicted octanol–water partition coefficient (Wildman–Crippen LogP) is 3.81. The van der Waals surface area contributed by atoms with Crippen molar-refractivity contribution in [3.8, 4) is 5.69 Å². The van der Waals surface area contributed by atoms with Gasteiger partial charge in [0.05, 0.1) is 5.69 Å². The molecule has 4 rings (SSSR count). The van der Waals surface area contributed by atoms with E-state index in [2.05, 4.69) is 17.0 Å². The van der Waals surface area contributed by atoms with Crippen LogP contribution in [0.1, 0.15) is 60.3 Å². The molecule has 25 heavy (non-hydrogen) atoms. The van der Waals surface area contributed by atoms with Gasteiger partial charge in [0.15, 0.2) is 5.78 Å². The van der Waals surface area contributed by atoms with Crippen LogP contribution in [0.25, 0.3) is 5.69 Å². The number of carbonyl (C=O) groups excluding carboxylic acids is 1. The molecule has 1 aromatic heterocycles. The summed E-state index contributed by atoms with van der Waals surface area (Å²) in [7, 11) is 0. The molecule has 2 aromatic rings. The van der Waals surface area contributed by atoms with Gasteiger partial charge in [-0.25, -0.2) is 4.68 Å². The lowest BCUT2D eigenvalue weighted by molar-refractivity contribution is 0.0958. The van der Waals surface area contributed by atoms with Gasteiger partial charge in [0, 0.05) is 24.2 Å². The standard InChI is InChI=1S/C21H27N3O/c25-20(13-16-23-14-6-1-2-7-15-23)21-18-11-8-12-19(18)24(22-21)17-9-4-3-5-10-17/h3-5,9-10H,1-2,6-8,11-16H2. The second kappa shape index (κ2) is 7.52. The summed E-state index contributed by atoms with van der Waals surface area (Å²) in [5.74, 6) is 0.220. The molecule has 4 heteroatoms. The molecule has 0 saturated carbocycles. The van der Waals surface area contributed by atoms with Crippen molar-refractivity contribution in [3.63, 3.8) is 0 Å². The molecule has 0 amide bonds. The molecule has 132 valence electrons. The maximum atomic E-state index is 12.9. The molecule has 1 aromatic carbocycles. The Bertz CT molecular complexity index is 727. The van der Waals surface area contributed by atoms with Crippen LogP contribution >= 0.6 is 0 Å². The van der Waals surface area contributed by atoms with Gasteiger partial charge in [-0.15, -0.1) is 0 Å². The third-order valence-electron chi connectivity index (χ3n) is 5.55. The van der Waals surface area contributed by atoms with Crippen LogP contribution in [-0.4, -0.2) is 40.1 Å². The Morgan fingerprint density at radius 1 is 0.960 bits per heavy atom. The second-order valence-electron chi connectivity index (χ2n) is 7.30. The number of fused-ring (bicyclic) bond motifs is 1. The summed E-state index contributed by atoms with van der Waals surface area (Å²) in [6.45, 7) is 3.17. The fourth-order valence-electron chi connectivity index (χ4n) is 4.18. The van der Waals surface area contributed by atoms with Crippen molar-refractivity contribution in [2.45, 2.75) is 51.4 Å². The number of nitrogens with zero attached hydrogens (tertiary/aromatic N) is 3. The number of hydrogen-bond acceptors (Lipinski definition) is 3. The normalized spacial score (nSPS) is 18.1. The molecule has 0 radical (unpaired) electrons. The van der Waals surface area contributed by atoms with E-state index in [1.807, 2.05) is 22.9 Å². The maximum Gasteiger partial charge on any atom is 0.184 e. The van der Waals surface area contributed by atoms with E-state index in [1.165, 1.54) is 36.9 Å². The number of carbonyl (C=O) groups is 1. The lowest BCUT2D eigenvalue weighted by atomic mass is 10.1. The van der Waals surface area contributed by atoms with Crippen molar-refractivity contribution < 1.29 is 4.79 Å². The summed E-state index contributed by atoms with van der Waals surface area (Å²) >= 11 is 0. The molecule has 0 unspecified atom stereocenters. The lowest BCUT2D eigenvalue weighted by Gasteiger charge is -2.18. The van der Waals surface area contributed by atoms with Crippen LogP contribution in [0.3, 0.4) is 0 Å². The highest BCUT2D eigenvalue weighted by Crippen LogP contribution is 2.28. The van der Waals surface area contributed by atoms with Crippen molar-refractivity contribution in [1.29, 1.82) is 0 Å². The number of likely N-dealkylation sites (tertiary alicyclic amines) is 1. The summed E-state index contributed by atoms with van der Waals surface area (Å²) < 4.78 is 2.00. The number of aromatic nitrogens is 2. The fraction of sp³-hybridized carbons (Fsp3) is 0.524. The first kappa shape index (κ1) is 16.5. The fourth-order valence-corrected chi connectivity index (χ4v) is 4.18. The Balaban J connectivity index is 1.51. The molecule has 0 N–H and O–H groups in total. The van der Waals surface area contributed by atoms with Gasteiger partial charge >= 0.3 is 0 Å². The van der Waals surface area contributed by atoms with Gasteiger partial charge in [-0.3, -0.25) is 4.79 Å². The van der Waals surface area contributed by atoms with Crippen LogP contribution in [0.2, 0.25) is 0 Å². The molecule has 0 bridgehead atoms. The van der Waals surface area contributed by atoms with Gasteiger partial charge in [0.2, 0.25) is 0 Å². The van der Waals surface area contributed by atoms with Crippen molar-refractivity contribution in [2.75, 3.05) is 19.6 Å². The van der Waals surface area contributed by atoms with E-state index in [0.717, 1.165) is 50.3 Å². The van der Waals surface area contributed by atoms with E-state index < -0.39 is 0 Å². The molecule has 1 saturated heterocycles. The number of rotatable bonds is 5. The van der Waals surface area contributed by atoms with Gasteiger partial charge in [-0.1, -0.05) is 31.0 Å². The van der Waals surface area contributed by atoms with Gasteiger partial charge in [-0.2, -0.15) is 5.10 Å². The van der Waals surface area contributed by atoms with E-state index in [0.29, 0.717) is 6.42 Å². The molecule has 2 heterocycles. The SMILES string of the molecule is O=C(CCN1CCCCCC1)c1nn(-c2ccccc2)c2c1CCC2. The van der Waals surface area contributed by atoms with Gasteiger partial charge in [0.1, 0.15) is 5.69 Å². The van der Waals surface area contributed by atoms with Gasteiger partial charge in [-0.05, 0) is 57.3 Å². The highest BCUT2D eigenvalue weighted by molar-refractivity contribution is 5.96. The minimum absolute atomic E-state index is 0.220. The van der Waals surface area contributed by atoms with Crippen molar-refractivity contribution in [3.05, 3.63) is 47.3 Å². The van der Waals surface area contributed by atoms with Crippen LogP contribution in [0.5, 0.6) is 0 Å². The Kier molecular flexibility index (Phi) is 4.97. The average molecular weight is 337 g/mol. The number of para-hydroxylation sites is 1. The van der Waals surface area contributed by atoms with E-state index >= 15 is 0 Å². The molecular formula is C21H27N3O. The highest BCUT2D eigenvalue weighted by atomic mass is 16.1. The highest BCUT2D eigenvalue weighted by Gasteiger charge is 2.26. The van der Waals surface area contributed by atoms with Crippen LogP contribution < -0.4 is 0 Å². The summed E-state index contributed by atoms with van der Waals surface area (Å²) in [6, 6.07) is 10.2. The molecule has 1 aliphatic carbocycles. The summed E-state index contributed by atoms with van der Waals surface area (Å²) in [5.41, 5.74) is 4.23. The summed E-state index contributed by atoms with van der Waals surface area (Å²) in [4.78, 5) is 15.3. The quantitative estimate of drug-likeness (QED) is 0.779. The smallest absolute Gasteiger partial charge is 0.184 e. The zero-order valence-corrected chi connectivity index (χ0v) is 14.9. The number of Topliss-reactive ketones (excluding diaryl/α,β-unsaturated/α-hetero) is 1. The molecule has 2 aliphatic rings. The minimum atomic E-state index is 0.220. The molecule has 1 fully saturated rings. The first-order valence-corrected chi connectivity index (χ1v) is 9.74. The Hall–Kier alpha value is -1.94. The van der Waals surface area contributed by atoms with Gasteiger partial charge < -0.3 is 4.90 Å². The van der Waals surface area contributed by atoms with Crippen LogP contribution in [-0.2, 0) is 12.8 Å². The molecular weight excluding hydrogens is 310 g/mol. The van der Waals surface area contributed by atoms with E-state index in [4.69, 9.17) is 5.10 Å². The van der Waals surface area contributed by atoms with Crippen LogP contribution in [0.4, 0.5) is 0 Å². The zero-order valence-electron chi connectivity index (χ0n) is 14.9. The topological polar surface area (TPSA) is 38.1 Å². The first-order chi connectivity index (χ1) is 12.3. The summed E-state index contributed by atoms with van der Waals surface area (Å²) in [6.07, 6.45) is 8.95. The third-order valence-corrected chi connectivity index (χ3v) is 5.55. The summed E-state index contributed by atoms with van der Waals surface area (Å²) in [5, 5.41) is 4.73. The number of ketones is 1. The molecule has 4 nitrogen and oxygen atoms in total. The van der Waals surface area contributed by atoms with Crippen molar-refractivity contribution in [2.24, 2.45) is 0 Å². The van der Waals surface area contributed by atoms with E-state index in [1.54, 1.807) is 0 Å². The Morgan fingerprint density at radius 2 is 1.72 bits per heavy atom. The number of hydrogen-bond donors (Lipinski definition) is 0. The predicted molar refractivity (Wildman–Crippen MR) is 99.4 cm³/mol. The number of benzene rings is 1. The van der Waals surface area contributed by atoms with E-state index in [9.17, 15) is 4.79 Å². The lowest BCUT2D eigenvalue weighted by Crippen LogP contribution is -2.27. The second-order valence-corrected chi connectivity index (χ2v) is 7.30. The first-order valence-electron chi connectivity index (χ1n) is 9.74. The molecule has 1 aliphatic heterocycles. The largest absolute Gasteiger partial charge is 0.303 e. The minimum Gasteiger partial charge on any atom is -0.303 e. The van der Waals surface area contributed by atoms with Crippen molar-refractivity contribution >= 4 is 5.78 Å². The maximum absolute atomic E-state index is 12.9. The van der Waals surface area contributed by atoms with E-state index in [-0.39, 0.29) is 5.78 Å². The van der Waals surface area contributed by atoms with Crippen LogP contribution in [0, 0.1) is 0 Å². The zero-order chi connectivity index (χ0) is 17.1. The third kappa shape index (κ3) is 3.54. The molecule has 0 spiro atoms. The van der Waals surface area contributed by atoms with Gasteiger partial charge in [0.25, 0.3) is 0 Å².